The zero-order valence-corrected chi connectivity index (χ0v) is 10.9. The molecule has 0 bridgehead atoms. The number of nitrogens with zero attached hydrogens (tertiary/aromatic N) is 1. The zero-order chi connectivity index (χ0) is 14.0. The first-order chi connectivity index (χ1) is 8.90. The topological polar surface area (TPSA) is 132 Å². The first kappa shape index (κ1) is 14.0. The van der Waals surface area contributed by atoms with Crippen molar-refractivity contribution in [3.63, 3.8) is 0 Å². The van der Waals surface area contributed by atoms with Gasteiger partial charge in [-0.05, 0) is 25.7 Å². The number of aromatic carboxylic acids is 1. The van der Waals surface area contributed by atoms with E-state index in [-0.39, 0.29) is 0 Å². The Morgan fingerprint density at radius 2 is 2.21 bits per heavy atom. The molecule has 1 saturated carbocycles. The summed E-state index contributed by atoms with van der Waals surface area (Å²) in [6.45, 7) is 0. The number of sulfonamides is 1. The van der Waals surface area contributed by atoms with Crippen molar-refractivity contribution in [2.75, 3.05) is 0 Å². The van der Waals surface area contributed by atoms with Crippen molar-refractivity contribution >= 4 is 16.0 Å². The highest BCUT2D eigenvalue weighted by atomic mass is 32.2. The summed E-state index contributed by atoms with van der Waals surface area (Å²) < 4.78 is 26.5. The van der Waals surface area contributed by atoms with E-state index in [9.17, 15) is 18.3 Å². The summed E-state index contributed by atoms with van der Waals surface area (Å²) in [4.78, 5) is 10.9. The Hall–Kier alpha value is -1.45. The fraction of sp³-hybridized carbons (Fsp3) is 0.600. The third-order valence-corrected chi connectivity index (χ3v) is 4.56. The third-order valence-electron chi connectivity index (χ3n) is 3.07. The first-order valence-electron chi connectivity index (χ1n) is 5.87. The third kappa shape index (κ3) is 3.11. The molecule has 0 spiro atoms. The van der Waals surface area contributed by atoms with Crippen LogP contribution in [0.25, 0.3) is 0 Å². The highest BCUT2D eigenvalue weighted by Crippen LogP contribution is 2.21. The van der Waals surface area contributed by atoms with Crippen LogP contribution in [-0.2, 0) is 10.0 Å². The molecule has 2 atom stereocenters. The molecule has 9 heteroatoms. The second-order valence-corrected chi connectivity index (χ2v) is 6.21. The van der Waals surface area contributed by atoms with Crippen molar-refractivity contribution in [3.05, 3.63) is 11.8 Å². The zero-order valence-electron chi connectivity index (χ0n) is 10.0. The number of rotatable bonds is 4. The van der Waals surface area contributed by atoms with Gasteiger partial charge in [0.2, 0.25) is 0 Å². The van der Waals surface area contributed by atoms with Gasteiger partial charge in [-0.1, -0.05) is 0 Å². The maximum absolute atomic E-state index is 12.1. The monoisotopic (exact) mass is 289 g/mol. The summed E-state index contributed by atoms with van der Waals surface area (Å²) in [6.07, 6.45) is 2.75. The fourth-order valence-electron chi connectivity index (χ4n) is 2.18. The predicted molar refractivity (Wildman–Crippen MR) is 64.1 cm³/mol. The van der Waals surface area contributed by atoms with Crippen molar-refractivity contribution in [2.45, 2.75) is 42.9 Å². The molecule has 1 aliphatic rings. The molecule has 1 fully saturated rings. The number of carboxylic acids is 1. The van der Waals surface area contributed by atoms with Crippen LogP contribution in [0.1, 0.15) is 36.0 Å². The highest BCUT2D eigenvalue weighted by molar-refractivity contribution is 7.89. The molecule has 106 valence electrons. The van der Waals surface area contributed by atoms with Gasteiger partial charge in [-0.2, -0.15) is 5.10 Å². The Labute approximate surface area is 109 Å². The van der Waals surface area contributed by atoms with E-state index in [1.165, 1.54) is 0 Å². The smallest absolute Gasteiger partial charge is 0.340 e. The highest BCUT2D eigenvalue weighted by Gasteiger charge is 2.29. The lowest BCUT2D eigenvalue weighted by Crippen LogP contribution is -2.40. The van der Waals surface area contributed by atoms with Crippen LogP contribution >= 0.6 is 0 Å². The van der Waals surface area contributed by atoms with E-state index in [1.54, 1.807) is 0 Å². The molecular weight excluding hydrogens is 274 g/mol. The lowest BCUT2D eigenvalue weighted by Gasteiger charge is -2.26. The van der Waals surface area contributed by atoms with E-state index >= 15 is 0 Å². The van der Waals surface area contributed by atoms with Gasteiger partial charge < -0.3 is 10.2 Å². The largest absolute Gasteiger partial charge is 0.478 e. The maximum Gasteiger partial charge on any atom is 0.340 e. The molecule has 0 aliphatic heterocycles. The Morgan fingerprint density at radius 1 is 1.47 bits per heavy atom. The summed E-state index contributed by atoms with van der Waals surface area (Å²) in [5, 5.41) is 23.5. The van der Waals surface area contributed by atoms with Crippen LogP contribution in [0.2, 0.25) is 0 Å². The van der Waals surface area contributed by atoms with Gasteiger partial charge in [0.05, 0.1) is 12.3 Å². The van der Waals surface area contributed by atoms with Gasteiger partial charge in [-0.25, -0.2) is 17.9 Å². The average Bonchev–Trinajstić information content (AvgIpc) is 2.77. The molecule has 1 aliphatic carbocycles. The second kappa shape index (κ2) is 5.27. The normalized spacial score (nSPS) is 24.3. The van der Waals surface area contributed by atoms with Gasteiger partial charge in [-0.3, -0.25) is 5.10 Å². The number of carbonyl (C=O) groups is 1. The Kier molecular flexibility index (Phi) is 3.88. The van der Waals surface area contributed by atoms with Crippen molar-refractivity contribution in [1.29, 1.82) is 0 Å². The SMILES string of the molecule is O=C(O)c1cn[nH]c1S(=O)(=O)NC1CCCC(O)C1. The minimum absolute atomic E-state index is 0.329. The molecule has 8 nitrogen and oxygen atoms in total. The number of hydrogen-bond donors (Lipinski definition) is 4. The number of carboxylic acid groups (broad SMARTS) is 1. The standard InChI is InChI=1S/C10H15N3O5S/c14-7-3-1-2-6(4-7)13-19(17,18)9-8(10(15)16)5-11-12-9/h5-7,13-14H,1-4H2,(H,11,12)(H,15,16). The van der Waals surface area contributed by atoms with Crippen molar-refractivity contribution in [3.8, 4) is 0 Å². The van der Waals surface area contributed by atoms with Crippen LogP contribution in [0.5, 0.6) is 0 Å². The number of aliphatic hydroxyl groups excluding tert-OH is 1. The number of nitrogens with one attached hydrogen (secondary N) is 2. The van der Waals surface area contributed by atoms with Gasteiger partial charge in [0.25, 0.3) is 10.0 Å². The summed E-state index contributed by atoms with van der Waals surface area (Å²) in [5.74, 6) is -1.36. The van der Waals surface area contributed by atoms with Crippen LogP contribution in [0.3, 0.4) is 0 Å². The van der Waals surface area contributed by atoms with Crippen molar-refractivity contribution in [2.24, 2.45) is 0 Å². The molecule has 4 N–H and O–H groups in total. The predicted octanol–water partition coefficient (Wildman–Crippen LogP) is -0.310. The molecule has 0 saturated heterocycles. The van der Waals surface area contributed by atoms with Crippen LogP contribution in [0.15, 0.2) is 11.2 Å². The van der Waals surface area contributed by atoms with E-state index < -0.39 is 38.7 Å². The average molecular weight is 289 g/mol. The second-order valence-electron chi connectivity index (χ2n) is 4.56. The van der Waals surface area contributed by atoms with E-state index in [1.807, 2.05) is 0 Å². The first-order valence-corrected chi connectivity index (χ1v) is 7.35. The Morgan fingerprint density at radius 3 is 2.84 bits per heavy atom. The minimum Gasteiger partial charge on any atom is -0.478 e. The molecule has 1 aromatic rings. The van der Waals surface area contributed by atoms with E-state index in [0.717, 1.165) is 12.6 Å². The van der Waals surface area contributed by atoms with E-state index in [2.05, 4.69) is 14.9 Å². The van der Waals surface area contributed by atoms with Gasteiger partial charge in [0.15, 0.2) is 5.03 Å². The number of aromatic nitrogens is 2. The van der Waals surface area contributed by atoms with Crippen molar-refractivity contribution in [1.82, 2.24) is 14.9 Å². The minimum atomic E-state index is -3.98. The van der Waals surface area contributed by atoms with Gasteiger partial charge in [0, 0.05) is 6.04 Å². The molecule has 1 aromatic heterocycles. The quantitative estimate of drug-likeness (QED) is 0.601. The van der Waals surface area contributed by atoms with Crippen LogP contribution in [0, 0.1) is 0 Å². The van der Waals surface area contributed by atoms with E-state index in [4.69, 9.17) is 5.11 Å². The molecule has 2 unspecified atom stereocenters. The van der Waals surface area contributed by atoms with E-state index in [0.29, 0.717) is 19.3 Å². The molecule has 1 heterocycles. The van der Waals surface area contributed by atoms with Crippen LogP contribution in [0.4, 0.5) is 0 Å². The van der Waals surface area contributed by atoms with Crippen LogP contribution < -0.4 is 4.72 Å². The Bertz CT molecular complexity index is 567. The summed E-state index contributed by atoms with van der Waals surface area (Å²) in [5.41, 5.74) is -0.399. The summed E-state index contributed by atoms with van der Waals surface area (Å²) in [6, 6.07) is -0.390. The number of hydrogen-bond acceptors (Lipinski definition) is 5. The molecule has 0 amide bonds. The summed E-state index contributed by atoms with van der Waals surface area (Å²) in [7, 11) is -3.98. The molecule has 2 rings (SSSR count). The molecule has 0 aromatic carbocycles. The number of aliphatic hydroxyl groups is 1. The number of H-pyrrole nitrogens is 1. The van der Waals surface area contributed by atoms with Crippen molar-refractivity contribution < 1.29 is 23.4 Å². The lowest BCUT2D eigenvalue weighted by molar-refractivity contribution is 0.0692. The molecule has 19 heavy (non-hydrogen) atoms. The Balaban J connectivity index is 2.18. The maximum atomic E-state index is 12.1. The fourth-order valence-corrected chi connectivity index (χ4v) is 3.55. The molecular formula is C10H15N3O5S. The van der Waals surface area contributed by atoms with Gasteiger partial charge in [0.1, 0.15) is 5.56 Å². The summed E-state index contributed by atoms with van der Waals surface area (Å²) >= 11 is 0. The van der Waals surface area contributed by atoms with Gasteiger partial charge in [-0.15, -0.1) is 0 Å². The van der Waals surface area contributed by atoms with Crippen LogP contribution in [-0.4, -0.2) is 46.9 Å². The number of aromatic amines is 1. The molecule has 0 radical (unpaired) electrons. The van der Waals surface area contributed by atoms with Gasteiger partial charge >= 0.3 is 5.97 Å². The lowest BCUT2D eigenvalue weighted by atomic mass is 9.94.